The SMILES string of the molecule is Cc1cc(NC(C)c2nc(-c3ccccc3)no2)ccc1Br. The van der Waals surface area contributed by atoms with E-state index in [1.165, 1.54) is 5.56 Å². The third-order valence-corrected chi connectivity index (χ3v) is 4.28. The Morgan fingerprint density at radius 2 is 1.91 bits per heavy atom. The van der Waals surface area contributed by atoms with Gasteiger partial charge >= 0.3 is 0 Å². The van der Waals surface area contributed by atoms with Crippen LogP contribution in [-0.4, -0.2) is 10.1 Å². The lowest BCUT2D eigenvalue weighted by molar-refractivity contribution is 0.368. The number of nitrogens with one attached hydrogen (secondary N) is 1. The Balaban J connectivity index is 1.77. The van der Waals surface area contributed by atoms with Crippen LogP contribution in [0.5, 0.6) is 0 Å². The van der Waals surface area contributed by atoms with Crippen LogP contribution in [0.2, 0.25) is 0 Å². The molecule has 0 aliphatic rings. The second-order valence-corrected chi connectivity index (χ2v) is 6.01. The van der Waals surface area contributed by atoms with Gasteiger partial charge in [-0.1, -0.05) is 51.4 Å². The summed E-state index contributed by atoms with van der Waals surface area (Å²) in [4.78, 5) is 4.47. The van der Waals surface area contributed by atoms with Crippen LogP contribution in [0.15, 0.2) is 57.5 Å². The van der Waals surface area contributed by atoms with Crippen LogP contribution in [0, 0.1) is 6.92 Å². The third kappa shape index (κ3) is 3.20. The number of nitrogens with zero attached hydrogens (tertiary/aromatic N) is 2. The highest BCUT2D eigenvalue weighted by Crippen LogP contribution is 2.24. The monoisotopic (exact) mass is 357 g/mol. The predicted molar refractivity (Wildman–Crippen MR) is 90.7 cm³/mol. The lowest BCUT2D eigenvalue weighted by Crippen LogP contribution is -2.07. The Morgan fingerprint density at radius 3 is 2.64 bits per heavy atom. The van der Waals surface area contributed by atoms with Gasteiger partial charge in [-0.3, -0.25) is 0 Å². The first-order chi connectivity index (χ1) is 10.6. The Bertz CT molecular complexity index is 771. The second-order valence-electron chi connectivity index (χ2n) is 5.15. The number of hydrogen-bond donors (Lipinski definition) is 1. The molecule has 2 aromatic carbocycles. The molecule has 0 amide bonds. The summed E-state index contributed by atoms with van der Waals surface area (Å²) in [5.41, 5.74) is 3.14. The van der Waals surface area contributed by atoms with Crippen molar-refractivity contribution in [1.29, 1.82) is 0 Å². The number of hydrogen-bond acceptors (Lipinski definition) is 4. The average molecular weight is 358 g/mol. The molecular formula is C17H16BrN3O. The first-order valence-electron chi connectivity index (χ1n) is 7.05. The number of anilines is 1. The lowest BCUT2D eigenvalue weighted by Gasteiger charge is -2.12. The van der Waals surface area contributed by atoms with E-state index in [9.17, 15) is 0 Å². The summed E-state index contributed by atoms with van der Waals surface area (Å²) in [7, 11) is 0. The summed E-state index contributed by atoms with van der Waals surface area (Å²) in [6, 6.07) is 15.9. The van der Waals surface area contributed by atoms with Gasteiger partial charge in [0.1, 0.15) is 6.04 Å². The van der Waals surface area contributed by atoms with Gasteiger partial charge in [0.25, 0.3) is 0 Å². The van der Waals surface area contributed by atoms with Gasteiger partial charge in [0, 0.05) is 15.7 Å². The van der Waals surface area contributed by atoms with Crippen molar-refractivity contribution in [3.05, 3.63) is 64.5 Å². The summed E-state index contributed by atoms with van der Waals surface area (Å²) < 4.78 is 6.47. The Labute approximate surface area is 137 Å². The zero-order chi connectivity index (χ0) is 15.5. The molecule has 0 aliphatic carbocycles. The average Bonchev–Trinajstić information content (AvgIpc) is 3.02. The highest BCUT2D eigenvalue weighted by Gasteiger charge is 2.15. The van der Waals surface area contributed by atoms with Gasteiger partial charge in [-0.15, -0.1) is 0 Å². The van der Waals surface area contributed by atoms with E-state index in [0.29, 0.717) is 11.7 Å². The van der Waals surface area contributed by atoms with Crippen molar-refractivity contribution in [3.8, 4) is 11.4 Å². The van der Waals surface area contributed by atoms with E-state index in [1.807, 2.05) is 49.4 Å². The molecule has 0 saturated carbocycles. The molecule has 1 aromatic heterocycles. The molecule has 112 valence electrons. The van der Waals surface area contributed by atoms with Crippen LogP contribution >= 0.6 is 15.9 Å². The van der Waals surface area contributed by atoms with Crippen LogP contribution in [0.3, 0.4) is 0 Å². The summed E-state index contributed by atoms with van der Waals surface area (Å²) in [5, 5.41) is 7.42. The molecule has 0 bridgehead atoms. The molecule has 3 rings (SSSR count). The lowest BCUT2D eigenvalue weighted by atomic mass is 10.2. The minimum atomic E-state index is -0.0643. The fourth-order valence-electron chi connectivity index (χ4n) is 2.16. The molecule has 0 fully saturated rings. The quantitative estimate of drug-likeness (QED) is 0.715. The van der Waals surface area contributed by atoms with Crippen molar-refractivity contribution >= 4 is 21.6 Å². The van der Waals surface area contributed by atoms with Crippen LogP contribution < -0.4 is 5.32 Å². The van der Waals surface area contributed by atoms with Crippen molar-refractivity contribution < 1.29 is 4.52 Å². The molecule has 0 radical (unpaired) electrons. The standard InChI is InChI=1S/C17H16BrN3O/c1-11-10-14(8-9-15(11)18)19-12(2)17-20-16(21-22-17)13-6-4-3-5-7-13/h3-10,12,19H,1-2H3. The van der Waals surface area contributed by atoms with E-state index in [1.54, 1.807) is 0 Å². The van der Waals surface area contributed by atoms with Crippen molar-refractivity contribution in [2.75, 3.05) is 5.32 Å². The highest BCUT2D eigenvalue weighted by molar-refractivity contribution is 9.10. The molecule has 1 N–H and O–H groups in total. The van der Waals surface area contributed by atoms with Gasteiger partial charge in [-0.25, -0.2) is 0 Å². The third-order valence-electron chi connectivity index (χ3n) is 3.39. The number of halogens is 1. The van der Waals surface area contributed by atoms with Crippen molar-refractivity contribution in [1.82, 2.24) is 10.1 Å². The fraction of sp³-hybridized carbons (Fsp3) is 0.176. The number of benzene rings is 2. The normalized spacial score (nSPS) is 12.1. The highest BCUT2D eigenvalue weighted by atomic mass is 79.9. The molecule has 3 aromatic rings. The van der Waals surface area contributed by atoms with Gasteiger partial charge in [0.05, 0.1) is 0 Å². The molecule has 22 heavy (non-hydrogen) atoms. The topological polar surface area (TPSA) is 51.0 Å². The van der Waals surface area contributed by atoms with Gasteiger partial charge in [-0.05, 0) is 37.6 Å². The first-order valence-corrected chi connectivity index (χ1v) is 7.84. The van der Waals surface area contributed by atoms with E-state index in [4.69, 9.17) is 4.52 Å². The van der Waals surface area contributed by atoms with Crippen molar-refractivity contribution in [2.45, 2.75) is 19.9 Å². The predicted octanol–water partition coefficient (Wildman–Crippen LogP) is 4.98. The minimum absolute atomic E-state index is 0.0643. The summed E-state index contributed by atoms with van der Waals surface area (Å²) >= 11 is 3.50. The minimum Gasteiger partial charge on any atom is -0.374 e. The number of rotatable bonds is 4. The Hall–Kier alpha value is -2.14. The Morgan fingerprint density at radius 1 is 1.14 bits per heavy atom. The molecule has 1 heterocycles. The zero-order valence-corrected chi connectivity index (χ0v) is 14.0. The molecular weight excluding hydrogens is 342 g/mol. The van der Waals surface area contributed by atoms with Gasteiger partial charge in [-0.2, -0.15) is 4.98 Å². The fourth-order valence-corrected chi connectivity index (χ4v) is 2.41. The van der Waals surface area contributed by atoms with E-state index in [-0.39, 0.29) is 6.04 Å². The molecule has 0 aliphatic heterocycles. The van der Waals surface area contributed by atoms with Crippen LogP contribution in [-0.2, 0) is 0 Å². The summed E-state index contributed by atoms with van der Waals surface area (Å²) in [6.07, 6.45) is 0. The maximum Gasteiger partial charge on any atom is 0.249 e. The first kappa shape index (κ1) is 14.8. The van der Waals surface area contributed by atoms with Crippen LogP contribution in [0.1, 0.15) is 24.4 Å². The Kier molecular flexibility index (Phi) is 4.24. The van der Waals surface area contributed by atoms with Crippen molar-refractivity contribution in [3.63, 3.8) is 0 Å². The summed E-state index contributed by atoms with van der Waals surface area (Å²) in [5.74, 6) is 1.18. The van der Waals surface area contributed by atoms with Gasteiger partial charge in [0.2, 0.25) is 11.7 Å². The molecule has 1 atom stereocenters. The maximum absolute atomic E-state index is 5.37. The maximum atomic E-state index is 5.37. The van der Waals surface area contributed by atoms with E-state index >= 15 is 0 Å². The molecule has 0 saturated heterocycles. The largest absolute Gasteiger partial charge is 0.374 e. The smallest absolute Gasteiger partial charge is 0.249 e. The van der Waals surface area contributed by atoms with E-state index in [2.05, 4.69) is 44.4 Å². The number of aryl methyl sites for hydroxylation is 1. The van der Waals surface area contributed by atoms with E-state index in [0.717, 1.165) is 15.7 Å². The molecule has 0 spiro atoms. The van der Waals surface area contributed by atoms with Crippen LogP contribution in [0.25, 0.3) is 11.4 Å². The zero-order valence-electron chi connectivity index (χ0n) is 12.4. The van der Waals surface area contributed by atoms with Gasteiger partial charge in [0.15, 0.2) is 0 Å². The van der Waals surface area contributed by atoms with Gasteiger partial charge < -0.3 is 9.84 Å². The summed E-state index contributed by atoms with van der Waals surface area (Å²) in [6.45, 7) is 4.06. The molecule has 5 heteroatoms. The molecule has 4 nitrogen and oxygen atoms in total. The number of aromatic nitrogens is 2. The molecule has 1 unspecified atom stereocenters. The second kappa shape index (κ2) is 6.32. The van der Waals surface area contributed by atoms with Crippen LogP contribution in [0.4, 0.5) is 5.69 Å². The van der Waals surface area contributed by atoms with E-state index < -0.39 is 0 Å². The van der Waals surface area contributed by atoms with Crippen molar-refractivity contribution in [2.24, 2.45) is 0 Å².